The van der Waals surface area contributed by atoms with E-state index in [1.165, 1.54) is 0 Å². The molecule has 1 aromatic heterocycles. The van der Waals surface area contributed by atoms with E-state index in [0.717, 1.165) is 4.57 Å². The second-order valence-corrected chi connectivity index (χ2v) is 5.36. The van der Waals surface area contributed by atoms with Crippen LogP contribution in [0.15, 0.2) is 33.9 Å². The van der Waals surface area contributed by atoms with Crippen molar-refractivity contribution in [2.75, 3.05) is 20.6 Å². The van der Waals surface area contributed by atoms with Gasteiger partial charge in [0.15, 0.2) is 0 Å². The fourth-order valence-corrected chi connectivity index (χ4v) is 2.07. The van der Waals surface area contributed by atoms with Crippen molar-refractivity contribution in [1.29, 1.82) is 0 Å². The zero-order chi connectivity index (χ0) is 15.6. The van der Waals surface area contributed by atoms with E-state index >= 15 is 0 Å². The lowest BCUT2D eigenvalue weighted by Crippen LogP contribution is -2.33. The number of halogens is 1. The van der Waals surface area contributed by atoms with Crippen LogP contribution in [0.3, 0.4) is 0 Å². The van der Waals surface area contributed by atoms with Gasteiger partial charge in [0.1, 0.15) is 5.56 Å². The summed E-state index contributed by atoms with van der Waals surface area (Å²) in [4.78, 5) is 27.9. The predicted octanol–water partition coefficient (Wildman–Crippen LogP) is 1.12. The molecule has 0 amide bonds. The first-order valence-electron chi connectivity index (χ1n) is 6.37. The Kier molecular flexibility index (Phi) is 4.50. The van der Waals surface area contributed by atoms with Crippen LogP contribution in [0.1, 0.15) is 0 Å². The van der Waals surface area contributed by atoms with E-state index in [2.05, 4.69) is 4.98 Å². The van der Waals surface area contributed by atoms with Gasteiger partial charge in [0.05, 0.1) is 0 Å². The SMILES string of the molecule is CN(C)CCn1c(O)c(-c2ccc(Cl)cc2)c(=O)[nH]c1=O. The number of hydrogen-bond donors (Lipinski definition) is 2. The summed E-state index contributed by atoms with van der Waals surface area (Å²) in [6.45, 7) is 0.828. The molecule has 7 heteroatoms. The van der Waals surface area contributed by atoms with Crippen molar-refractivity contribution >= 4 is 11.6 Å². The summed E-state index contributed by atoms with van der Waals surface area (Å²) in [7, 11) is 3.71. The number of nitrogens with zero attached hydrogens (tertiary/aromatic N) is 2. The van der Waals surface area contributed by atoms with Crippen molar-refractivity contribution in [1.82, 2.24) is 14.5 Å². The van der Waals surface area contributed by atoms with Crippen LogP contribution in [0.5, 0.6) is 5.88 Å². The predicted molar refractivity (Wildman–Crippen MR) is 82.0 cm³/mol. The molecule has 2 rings (SSSR count). The minimum Gasteiger partial charge on any atom is -0.494 e. The number of aromatic hydroxyl groups is 1. The van der Waals surface area contributed by atoms with Gasteiger partial charge in [-0.25, -0.2) is 4.79 Å². The minimum absolute atomic E-state index is 0.0602. The molecule has 6 nitrogen and oxygen atoms in total. The molecule has 0 saturated heterocycles. The third-order valence-corrected chi connectivity index (χ3v) is 3.33. The Morgan fingerprint density at radius 2 is 1.86 bits per heavy atom. The van der Waals surface area contributed by atoms with E-state index in [1.807, 2.05) is 19.0 Å². The molecule has 0 fully saturated rings. The lowest BCUT2D eigenvalue weighted by atomic mass is 10.1. The van der Waals surface area contributed by atoms with Gasteiger partial charge in [0, 0.05) is 18.1 Å². The molecule has 0 aliphatic rings. The smallest absolute Gasteiger partial charge is 0.331 e. The molecule has 1 aromatic carbocycles. The third-order valence-electron chi connectivity index (χ3n) is 3.08. The Morgan fingerprint density at radius 1 is 1.24 bits per heavy atom. The first-order chi connectivity index (χ1) is 9.90. The molecule has 0 unspecified atom stereocenters. The highest BCUT2D eigenvalue weighted by atomic mass is 35.5. The van der Waals surface area contributed by atoms with Gasteiger partial charge < -0.3 is 10.0 Å². The Labute approximate surface area is 126 Å². The molecule has 2 N–H and O–H groups in total. The quantitative estimate of drug-likeness (QED) is 0.887. The van der Waals surface area contributed by atoms with Crippen LogP contribution in [-0.4, -0.2) is 40.2 Å². The summed E-state index contributed by atoms with van der Waals surface area (Å²) in [6, 6.07) is 6.47. The highest BCUT2D eigenvalue weighted by Gasteiger charge is 2.15. The zero-order valence-electron chi connectivity index (χ0n) is 11.8. The van der Waals surface area contributed by atoms with Crippen LogP contribution in [-0.2, 0) is 6.54 Å². The molecule has 0 radical (unpaired) electrons. The van der Waals surface area contributed by atoms with Crippen LogP contribution in [0.4, 0.5) is 0 Å². The molecule has 0 aliphatic carbocycles. The van der Waals surface area contributed by atoms with Gasteiger partial charge in [-0.05, 0) is 31.8 Å². The summed E-state index contributed by atoms with van der Waals surface area (Å²) in [5.74, 6) is -0.340. The zero-order valence-corrected chi connectivity index (χ0v) is 12.5. The van der Waals surface area contributed by atoms with E-state index in [4.69, 9.17) is 11.6 Å². The van der Waals surface area contributed by atoms with Crippen LogP contribution in [0.25, 0.3) is 11.1 Å². The lowest BCUT2D eigenvalue weighted by molar-refractivity contribution is 0.347. The molecule has 21 heavy (non-hydrogen) atoms. The van der Waals surface area contributed by atoms with Crippen molar-refractivity contribution in [3.63, 3.8) is 0 Å². The van der Waals surface area contributed by atoms with Crippen molar-refractivity contribution in [3.05, 3.63) is 50.1 Å². The molecule has 0 atom stereocenters. The maximum atomic E-state index is 12.0. The Hall–Kier alpha value is -2.05. The van der Waals surface area contributed by atoms with Crippen LogP contribution >= 0.6 is 11.6 Å². The largest absolute Gasteiger partial charge is 0.494 e. The van der Waals surface area contributed by atoms with Gasteiger partial charge in [0.25, 0.3) is 5.56 Å². The average Bonchev–Trinajstić information content (AvgIpc) is 2.40. The molecule has 0 spiro atoms. The fraction of sp³-hybridized carbons (Fsp3) is 0.286. The first kappa shape index (κ1) is 15.3. The summed E-state index contributed by atoms with van der Waals surface area (Å²) >= 11 is 5.81. The van der Waals surface area contributed by atoms with Gasteiger partial charge in [-0.15, -0.1) is 0 Å². The summed E-state index contributed by atoms with van der Waals surface area (Å²) < 4.78 is 1.14. The second kappa shape index (κ2) is 6.15. The van der Waals surface area contributed by atoms with Crippen LogP contribution < -0.4 is 11.2 Å². The topological polar surface area (TPSA) is 78.3 Å². The Balaban J connectivity index is 2.56. The second-order valence-electron chi connectivity index (χ2n) is 4.92. The molecular formula is C14H16ClN3O3. The summed E-state index contributed by atoms with van der Waals surface area (Å²) in [5.41, 5.74) is -0.695. The molecular weight excluding hydrogens is 294 g/mol. The monoisotopic (exact) mass is 309 g/mol. The van der Waals surface area contributed by atoms with Gasteiger partial charge in [-0.3, -0.25) is 14.3 Å². The number of nitrogens with one attached hydrogen (secondary N) is 1. The molecule has 1 heterocycles. The van der Waals surface area contributed by atoms with Gasteiger partial charge in [0.2, 0.25) is 5.88 Å². The number of aromatic amines is 1. The highest BCUT2D eigenvalue weighted by molar-refractivity contribution is 6.30. The highest BCUT2D eigenvalue weighted by Crippen LogP contribution is 2.25. The Morgan fingerprint density at radius 3 is 2.43 bits per heavy atom. The van der Waals surface area contributed by atoms with Crippen molar-refractivity contribution in [2.24, 2.45) is 0 Å². The number of benzene rings is 1. The standard InChI is InChI=1S/C14H16ClN3O3/c1-17(2)7-8-18-13(20)11(12(19)16-14(18)21)9-3-5-10(15)6-4-9/h3-6,20H,7-8H2,1-2H3,(H,16,19,21). The number of aromatic nitrogens is 2. The Bertz CT molecular complexity index is 748. The summed E-state index contributed by atoms with van der Waals surface area (Å²) in [5, 5.41) is 10.8. The molecule has 112 valence electrons. The third kappa shape index (κ3) is 3.34. The molecule has 0 saturated carbocycles. The van der Waals surface area contributed by atoms with E-state index < -0.39 is 11.2 Å². The van der Waals surface area contributed by atoms with E-state index in [9.17, 15) is 14.7 Å². The average molecular weight is 310 g/mol. The van der Waals surface area contributed by atoms with E-state index in [0.29, 0.717) is 17.1 Å². The van der Waals surface area contributed by atoms with Gasteiger partial charge in [-0.2, -0.15) is 0 Å². The van der Waals surface area contributed by atoms with E-state index in [1.54, 1.807) is 24.3 Å². The van der Waals surface area contributed by atoms with Crippen LogP contribution in [0.2, 0.25) is 5.02 Å². The number of H-pyrrole nitrogens is 1. The maximum Gasteiger partial charge on any atom is 0.331 e. The fourth-order valence-electron chi connectivity index (χ4n) is 1.94. The van der Waals surface area contributed by atoms with Crippen molar-refractivity contribution in [3.8, 4) is 17.0 Å². The molecule has 2 aromatic rings. The number of hydrogen-bond acceptors (Lipinski definition) is 4. The van der Waals surface area contributed by atoms with Crippen molar-refractivity contribution < 1.29 is 5.11 Å². The molecule has 0 bridgehead atoms. The normalized spacial score (nSPS) is 11.0. The van der Waals surface area contributed by atoms with Crippen LogP contribution in [0, 0.1) is 0 Å². The first-order valence-corrected chi connectivity index (χ1v) is 6.74. The van der Waals surface area contributed by atoms with E-state index in [-0.39, 0.29) is 18.0 Å². The minimum atomic E-state index is -0.628. The molecule has 0 aliphatic heterocycles. The van der Waals surface area contributed by atoms with Gasteiger partial charge >= 0.3 is 5.69 Å². The van der Waals surface area contributed by atoms with Crippen molar-refractivity contribution in [2.45, 2.75) is 6.54 Å². The number of rotatable bonds is 4. The van der Waals surface area contributed by atoms with Gasteiger partial charge in [-0.1, -0.05) is 23.7 Å². The summed E-state index contributed by atoms with van der Waals surface area (Å²) in [6.07, 6.45) is 0. The number of likely N-dealkylation sites (N-methyl/N-ethyl adjacent to an activating group) is 1. The maximum absolute atomic E-state index is 12.0. The lowest BCUT2D eigenvalue weighted by Gasteiger charge is -2.14.